The standard InChI is InChI=1S/C23H17BrN2O2/c24-17-11-12-21-18(13-17)20-14-19(15-7-3-1-4-8-15)25-26(20)23(28-21)22(27)16-9-5-2-6-10-16/h1-13,20,23H,14H2. The maximum absolute atomic E-state index is 13.2. The van der Waals surface area contributed by atoms with Crippen LogP contribution in [0, 0.1) is 0 Å². The number of carbonyl (C=O) groups is 1. The summed E-state index contributed by atoms with van der Waals surface area (Å²) in [5, 5.41) is 6.65. The number of hydrogen-bond donors (Lipinski definition) is 0. The molecule has 0 bridgehead atoms. The first kappa shape index (κ1) is 17.2. The zero-order chi connectivity index (χ0) is 19.1. The van der Waals surface area contributed by atoms with Crippen molar-refractivity contribution in [3.63, 3.8) is 0 Å². The number of nitrogens with zero attached hydrogens (tertiary/aromatic N) is 2. The molecule has 5 rings (SSSR count). The van der Waals surface area contributed by atoms with Gasteiger partial charge in [-0.05, 0) is 23.8 Å². The molecule has 2 atom stereocenters. The lowest BCUT2D eigenvalue weighted by Crippen LogP contribution is -2.45. The molecule has 0 radical (unpaired) electrons. The highest BCUT2D eigenvalue weighted by atomic mass is 79.9. The first-order chi connectivity index (χ1) is 13.7. The Kier molecular flexibility index (Phi) is 4.24. The van der Waals surface area contributed by atoms with Crippen molar-refractivity contribution >= 4 is 27.4 Å². The molecule has 0 amide bonds. The number of ether oxygens (including phenoxy) is 1. The van der Waals surface area contributed by atoms with Crippen LogP contribution in [0.25, 0.3) is 0 Å². The van der Waals surface area contributed by atoms with Crippen LogP contribution in [0.5, 0.6) is 5.75 Å². The van der Waals surface area contributed by atoms with Crippen LogP contribution >= 0.6 is 15.9 Å². The van der Waals surface area contributed by atoms with Gasteiger partial charge in [-0.1, -0.05) is 76.6 Å². The Labute approximate surface area is 171 Å². The van der Waals surface area contributed by atoms with Gasteiger partial charge in [0.15, 0.2) is 0 Å². The minimum atomic E-state index is -0.776. The van der Waals surface area contributed by atoms with E-state index in [1.54, 1.807) is 0 Å². The van der Waals surface area contributed by atoms with Gasteiger partial charge in [-0.3, -0.25) is 4.79 Å². The lowest BCUT2D eigenvalue weighted by Gasteiger charge is -2.37. The Balaban J connectivity index is 1.59. The molecule has 4 nitrogen and oxygen atoms in total. The molecule has 0 spiro atoms. The van der Waals surface area contributed by atoms with Gasteiger partial charge in [-0.25, -0.2) is 5.01 Å². The van der Waals surface area contributed by atoms with E-state index in [-0.39, 0.29) is 11.8 Å². The van der Waals surface area contributed by atoms with Crippen LogP contribution < -0.4 is 4.74 Å². The van der Waals surface area contributed by atoms with Gasteiger partial charge < -0.3 is 4.74 Å². The van der Waals surface area contributed by atoms with Crippen molar-refractivity contribution in [2.45, 2.75) is 18.7 Å². The van der Waals surface area contributed by atoms with Crippen molar-refractivity contribution in [1.82, 2.24) is 5.01 Å². The van der Waals surface area contributed by atoms with Gasteiger partial charge in [0.2, 0.25) is 5.78 Å². The SMILES string of the molecule is O=C(c1ccccc1)C1Oc2ccc(Br)cc2C2CC(c3ccccc3)=NN12. The number of Topliss-reactive ketones (excluding diaryl/α,β-unsaturated/α-hetero) is 1. The maximum atomic E-state index is 13.2. The Morgan fingerprint density at radius 3 is 2.46 bits per heavy atom. The summed E-state index contributed by atoms with van der Waals surface area (Å²) in [6, 6.07) is 25.2. The highest BCUT2D eigenvalue weighted by Crippen LogP contribution is 2.44. The summed E-state index contributed by atoms with van der Waals surface area (Å²) in [4.78, 5) is 13.2. The quantitative estimate of drug-likeness (QED) is 0.533. The van der Waals surface area contributed by atoms with Gasteiger partial charge in [-0.15, -0.1) is 0 Å². The largest absolute Gasteiger partial charge is 0.461 e. The number of benzene rings is 3. The molecule has 0 saturated carbocycles. The molecule has 0 aromatic heterocycles. The third-order valence-corrected chi connectivity index (χ3v) is 5.63. The molecule has 2 aliphatic heterocycles. The molecule has 0 fully saturated rings. The normalized spacial score (nSPS) is 20.0. The van der Waals surface area contributed by atoms with Crippen molar-refractivity contribution < 1.29 is 9.53 Å². The third-order valence-electron chi connectivity index (χ3n) is 5.14. The van der Waals surface area contributed by atoms with E-state index in [4.69, 9.17) is 9.84 Å². The molecule has 0 aliphatic carbocycles. The molecule has 3 aromatic carbocycles. The highest BCUT2D eigenvalue weighted by Gasteiger charge is 2.43. The van der Waals surface area contributed by atoms with Crippen LogP contribution in [-0.4, -0.2) is 22.7 Å². The molecular weight excluding hydrogens is 416 g/mol. The molecule has 2 unspecified atom stereocenters. The van der Waals surface area contributed by atoms with E-state index in [2.05, 4.69) is 22.0 Å². The van der Waals surface area contributed by atoms with Gasteiger partial charge >= 0.3 is 0 Å². The fraction of sp³-hybridized carbons (Fsp3) is 0.130. The highest BCUT2D eigenvalue weighted by molar-refractivity contribution is 9.10. The average molecular weight is 433 g/mol. The topological polar surface area (TPSA) is 41.9 Å². The molecule has 2 aliphatic rings. The second-order valence-corrected chi connectivity index (χ2v) is 7.81. The second-order valence-electron chi connectivity index (χ2n) is 6.90. The first-order valence-electron chi connectivity index (χ1n) is 9.17. The van der Waals surface area contributed by atoms with Gasteiger partial charge in [0.25, 0.3) is 6.23 Å². The number of fused-ring (bicyclic) bond motifs is 3. The number of carbonyl (C=O) groups excluding carboxylic acids is 1. The minimum absolute atomic E-state index is 0.0332. The molecule has 0 N–H and O–H groups in total. The molecular formula is C23H17BrN2O2. The van der Waals surface area contributed by atoms with E-state index in [1.807, 2.05) is 77.8 Å². The third kappa shape index (κ3) is 2.92. The van der Waals surface area contributed by atoms with Gasteiger partial charge in [-0.2, -0.15) is 5.10 Å². The van der Waals surface area contributed by atoms with Crippen LogP contribution in [0.2, 0.25) is 0 Å². The fourth-order valence-corrected chi connectivity index (χ4v) is 4.16. The van der Waals surface area contributed by atoms with Crippen molar-refractivity contribution in [2.75, 3.05) is 0 Å². The Morgan fingerprint density at radius 2 is 1.71 bits per heavy atom. The van der Waals surface area contributed by atoms with Gasteiger partial charge in [0.1, 0.15) is 5.75 Å². The average Bonchev–Trinajstić information content (AvgIpc) is 3.20. The molecule has 5 heteroatoms. The van der Waals surface area contributed by atoms with E-state index in [0.717, 1.165) is 33.5 Å². The lowest BCUT2D eigenvalue weighted by molar-refractivity contribution is -0.00459. The van der Waals surface area contributed by atoms with E-state index in [1.165, 1.54) is 0 Å². The van der Waals surface area contributed by atoms with Crippen LogP contribution in [0.3, 0.4) is 0 Å². The van der Waals surface area contributed by atoms with Gasteiger partial charge in [0, 0.05) is 22.0 Å². The van der Waals surface area contributed by atoms with Gasteiger partial charge in [0.05, 0.1) is 11.8 Å². The van der Waals surface area contributed by atoms with Crippen molar-refractivity contribution in [1.29, 1.82) is 0 Å². The molecule has 138 valence electrons. The smallest absolute Gasteiger partial charge is 0.251 e. The fourth-order valence-electron chi connectivity index (χ4n) is 3.78. The Morgan fingerprint density at radius 1 is 1.00 bits per heavy atom. The zero-order valence-corrected chi connectivity index (χ0v) is 16.5. The molecule has 0 saturated heterocycles. The predicted octanol–water partition coefficient (Wildman–Crippen LogP) is 5.20. The summed E-state index contributed by atoms with van der Waals surface area (Å²) in [6.07, 6.45) is -0.0441. The summed E-state index contributed by atoms with van der Waals surface area (Å²) in [5.41, 5.74) is 3.70. The lowest BCUT2D eigenvalue weighted by atomic mass is 9.96. The van der Waals surface area contributed by atoms with Crippen LogP contribution in [-0.2, 0) is 0 Å². The zero-order valence-electron chi connectivity index (χ0n) is 15.0. The number of hydrazone groups is 1. The van der Waals surface area contributed by atoms with E-state index >= 15 is 0 Å². The Hall–Kier alpha value is -2.92. The van der Waals surface area contributed by atoms with E-state index < -0.39 is 6.23 Å². The van der Waals surface area contributed by atoms with E-state index in [0.29, 0.717) is 5.56 Å². The second kappa shape index (κ2) is 6.91. The number of hydrogen-bond acceptors (Lipinski definition) is 4. The summed E-state index contributed by atoms with van der Waals surface area (Å²) in [5.74, 6) is 0.653. The predicted molar refractivity (Wildman–Crippen MR) is 112 cm³/mol. The first-order valence-corrected chi connectivity index (χ1v) is 9.96. The molecule has 3 aromatic rings. The summed E-state index contributed by atoms with van der Waals surface area (Å²) in [6.45, 7) is 0. The van der Waals surface area contributed by atoms with Crippen molar-refractivity contribution in [3.8, 4) is 5.75 Å². The number of rotatable bonds is 3. The van der Waals surface area contributed by atoms with Crippen molar-refractivity contribution in [2.24, 2.45) is 5.10 Å². The molecule has 28 heavy (non-hydrogen) atoms. The van der Waals surface area contributed by atoms with Crippen molar-refractivity contribution in [3.05, 3.63) is 100 Å². The summed E-state index contributed by atoms with van der Waals surface area (Å²) < 4.78 is 7.13. The minimum Gasteiger partial charge on any atom is -0.461 e. The van der Waals surface area contributed by atoms with Crippen LogP contribution in [0.1, 0.15) is 33.9 Å². The molecule has 2 heterocycles. The monoisotopic (exact) mass is 432 g/mol. The Bertz CT molecular complexity index is 1070. The van der Waals surface area contributed by atoms with E-state index in [9.17, 15) is 4.79 Å². The number of ketones is 1. The summed E-state index contributed by atoms with van der Waals surface area (Å²) in [7, 11) is 0. The number of halogens is 1. The summed E-state index contributed by atoms with van der Waals surface area (Å²) >= 11 is 3.55. The maximum Gasteiger partial charge on any atom is 0.251 e. The van der Waals surface area contributed by atoms with Crippen LogP contribution in [0.15, 0.2) is 88.4 Å². The van der Waals surface area contributed by atoms with Crippen LogP contribution in [0.4, 0.5) is 0 Å².